The molecule has 3 rings (SSSR count). The van der Waals surface area contributed by atoms with E-state index in [1.54, 1.807) is 24.5 Å². The zero-order valence-corrected chi connectivity index (χ0v) is 13.8. The van der Waals surface area contributed by atoms with Crippen LogP contribution in [0.4, 0.5) is 19.1 Å². The summed E-state index contributed by atoms with van der Waals surface area (Å²) in [6, 6.07) is 5.61. The molecule has 1 saturated heterocycles. The van der Waals surface area contributed by atoms with Crippen LogP contribution in [0.3, 0.4) is 0 Å². The van der Waals surface area contributed by atoms with Gasteiger partial charge in [-0.3, -0.25) is 0 Å². The third-order valence-corrected chi connectivity index (χ3v) is 3.76. The van der Waals surface area contributed by atoms with Crippen molar-refractivity contribution in [3.05, 3.63) is 36.7 Å². The highest BCUT2D eigenvalue weighted by Gasteiger charge is 2.31. The number of morpholine rings is 1. The predicted octanol–water partition coefficient (Wildman–Crippen LogP) is 3.66. The first kappa shape index (κ1) is 17.5. The Kier molecular flexibility index (Phi) is 4.80. The van der Waals surface area contributed by atoms with E-state index in [4.69, 9.17) is 4.74 Å². The van der Waals surface area contributed by atoms with Crippen LogP contribution in [0.25, 0.3) is 11.1 Å². The molecule has 2 aromatic rings. The summed E-state index contributed by atoms with van der Waals surface area (Å²) in [7, 11) is 0. The maximum Gasteiger partial charge on any atom is 0.573 e. The minimum Gasteiger partial charge on any atom is -0.406 e. The average molecular weight is 353 g/mol. The highest BCUT2D eigenvalue weighted by molar-refractivity contribution is 5.63. The van der Waals surface area contributed by atoms with Crippen molar-refractivity contribution >= 4 is 5.95 Å². The van der Waals surface area contributed by atoms with E-state index in [1.165, 1.54) is 12.1 Å². The second-order valence-electron chi connectivity index (χ2n) is 6.01. The molecular formula is C17H18F3N3O2. The molecule has 1 aromatic carbocycles. The number of anilines is 1. The molecule has 1 aliphatic heterocycles. The molecule has 0 aliphatic carbocycles. The normalized spacial score (nSPS) is 21.2. The Morgan fingerprint density at radius 1 is 1.00 bits per heavy atom. The van der Waals surface area contributed by atoms with E-state index in [2.05, 4.69) is 19.6 Å². The lowest BCUT2D eigenvalue weighted by molar-refractivity contribution is -0.274. The molecule has 0 radical (unpaired) electrons. The van der Waals surface area contributed by atoms with Gasteiger partial charge in [-0.1, -0.05) is 12.1 Å². The van der Waals surface area contributed by atoms with Gasteiger partial charge < -0.3 is 14.4 Å². The van der Waals surface area contributed by atoms with Gasteiger partial charge in [0.1, 0.15) is 5.75 Å². The summed E-state index contributed by atoms with van der Waals surface area (Å²) in [4.78, 5) is 10.8. The topological polar surface area (TPSA) is 47.5 Å². The fraction of sp³-hybridized carbons (Fsp3) is 0.412. The molecule has 0 amide bonds. The summed E-state index contributed by atoms with van der Waals surface area (Å²) in [5.41, 5.74) is 1.43. The van der Waals surface area contributed by atoms with Crippen LogP contribution in [0.2, 0.25) is 0 Å². The Morgan fingerprint density at radius 3 is 2.08 bits per heavy atom. The molecule has 2 atom stereocenters. The van der Waals surface area contributed by atoms with Gasteiger partial charge in [0, 0.05) is 31.0 Å². The molecule has 0 N–H and O–H groups in total. The molecule has 1 fully saturated rings. The van der Waals surface area contributed by atoms with Crippen LogP contribution in [0.15, 0.2) is 36.7 Å². The van der Waals surface area contributed by atoms with E-state index >= 15 is 0 Å². The Morgan fingerprint density at radius 2 is 1.56 bits per heavy atom. The van der Waals surface area contributed by atoms with E-state index in [-0.39, 0.29) is 18.0 Å². The summed E-state index contributed by atoms with van der Waals surface area (Å²) in [5, 5.41) is 0. The van der Waals surface area contributed by atoms with Crippen molar-refractivity contribution < 1.29 is 22.6 Å². The molecule has 25 heavy (non-hydrogen) atoms. The maximum atomic E-state index is 12.2. The molecule has 0 bridgehead atoms. The third kappa shape index (κ3) is 4.60. The van der Waals surface area contributed by atoms with Crippen LogP contribution in [-0.4, -0.2) is 41.6 Å². The van der Waals surface area contributed by atoms with Crippen LogP contribution >= 0.6 is 0 Å². The van der Waals surface area contributed by atoms with Gasteiger partial charge in [0.2, 0.25) is 5.95 Å². The zero-order chi connectivity index (χ0) is 18.0. The number of rotatable bonds is 3. The van der Waals surface area contributed by atoms with Gasteiger partial charge in [0.15, 0.2) is 0 Å². The fourth-order valence-corrected chi connectivity index (χ4v) is 2.82. The quantitative estimate of drug-likeness (QED) is 0.843. The summed E-state index contributed by atoms with van der Waals surface area (Å²) in [6.07, 6.45) is -1.17. The van der Waals surface area contributed by atoms with Crippen molar-refractivity contribution in [1.82, 2.24) is 9.97 Å². The number of benzene rings is 1. The van der Waals surface area contributed by atoms with Gasteiger partial charge in [-0.05, 0) is 31.5 Å². The Hall–Kier alpha value is -2.35. The number of ether oxygens (including phenoxy) is 2. The van der Waals surface area contributed by atoms with Gasteiger partial charge in [-0.2, -0.15) is 0 Å². The molecule has 8 heteroatoms. The van der Waals surface area contributed by atoms with Crippen LogP contribution in [0.1, 0.15) is 13.8 Å². The van der Waals surface area contributed by atoms with E-state index < -0.39 is 6.36 Å². The minimum atomic E-state index is -4.70. The highest BCUT2D eigenvalue weighted by atomic mass is 19.4. The number of nitrogens with zero attached hydrogens (tertiary/aromatic N) is 3. The first-order valence-corrected chi connectivity index (χ1v) is 7.89. The zero-order valence-electron chi connectivity index (χ0n) is 13.8. The van der Waals surface area contributed by atoms with Crippen LogP contribution in [0.5, 0.6) is 5.75 Å². The maximum absolute atomic E-state index is 12.2. The van der Waals surface area contributed by atoms with Gasteiger partial charge in [0.25, 0.3) is 0 Å². The number of hydrogen-bond acceptors (Lipinski definition) is 5. The van der Waals surface area contributed by atoms with Crippen molar-refractivity contribution in [3.63, 3.8) is 0 Å². The van der Waals surface area contributed by atoms with Gasteiger partial charge in [-0.25, -0.2) is 9.97 Å². The summed E-state index contributed by atoms with van der Waals surface area (Å²) in [5.74, 6) is 0.354. The molecule has 5 nitrogen and oxygen atoms in total. The van der Waals surface area contributed by atoms with Crippen LogP contribution in [-0.2, 0) is 4.74 Å². The van der Waals surface area contributed by atoms with Gasteiger partial charge in [0.05, 0.1) is 12.2 Å². The Bertz CT molecular complexity index is 695. The van der Waals surface area contributed by atoms with Crippen LogP contribution < -0.4 is 9.64 Å². The molecular weight excluding hydrogens is 335 g/mol. The third-order valence-electron chi connectivity index (χ3n) is 3.76. The van der Waals surface area contributed by atoms with Crippen molar-refractivity contribution in [2.45, 2.75) is 32.4 Å². The van der Waals surface area contributed by atoms with Gasteiger partial charge in [-0.15, -0.1) is 13.2 Å². The van der Waals surface area contributed by atoms with Crippen molar-refractivity contribution in [2.24, 2.45) is 0 Å². The molecule has 1 aromatic heterocycles. The lowest BCUT2D eigenvalue weighted by atomic mass is 10.1. The van der Waals surface area contributed by atoms with Crippen molar-refractivity contribution in [3.8, 4) is 16.9 Å². The second kappa shape index (κ2) is 6.87. The Labute approximate surface area is 143 Å². The molecule has 1 aliphatic rings. The first-order valence-electron chi connectivity index (χ1n) is 7.89. The first-order chi connectivity index (χ1) is 11.8. The number of alkyl halides is 3. The summed E-state index contributed by atoms with van der Waals surface area (Å²) >= 11 is 0. The number of halogens is 3. The fourth-order valence-electron chi connectivity index (χ4n) is 2.82. The summed E-state index contributed by atoms with van der Waals surface area (Å²) in [6.45, 7) is 5.43. The largest absolute Gasteiger partial charge is 0.573 e. The minimum absolute atomic E-state index is 0.105. The molecule has 134 valence electrons. The standard InChI is InChI=1S/C17H18F3N3O2/c1-11-9-23(10-12(2)24-11)16-21-7-14(8-22-16)13-3-5-15(6-4-13)25-17(18,19)20/h3-8,11-12H,9-10H2,1-2H3. The van der Waals surface area contributed by atoms with Crippen molar-refractivity contribution in [1.29, 1.82) is 0 Å². The van der Waals surface area contributed by atoms with Crippen LogP contribution in [0, 0.1) is 0 Å². The lowest BCUT2D eigenvalue weighted by Gasteiger charge is -2.35. The Balaban J connectivity index is 1.72. The van der Waals surface area contributed by atoms with Crippen molar-refractivity contribution in [2.75, 3.05) is 18.0 Å². The molecule has 0 saturated carbocycles. The van der Waals surface area contributed by atoms with E-state index in [1.807, 2.05) is 13.8 Å². The molecule has 2 heterocycles. The molecule has 2 unspecified atom stereocenters. The number of hydrogen-bond donors (Lipinski definition) is 0. The summed E-state index contributed by atoms with van der Waals surface area (Å²) < 4.78 is 46.1. The molecule has 0 spiro atoms. The number of aromatic nitrogens is 2. The van der Waals surface area contributed by atoms with E-state index in [0.29, 0.717) is 24.6 Å². The lowest BCUT2D eigenvalue weighted by Crippen LogP contribution is -2.46. The van der Waals surface area contributed by atoms with E-state index in [0.717, 1.165) is 5.56 Å². The monoisotopic (exact) mass is 353 g/mol. The average Bonchev–Trinajstić information content (AvgIpc) is 2.53. The predicted molar refractivity (Wildman–Crippen MR) is 86.4 cm³/mol. The SMILES string of the molecule is CC1CN(c2ncc(-c3ccc(OC(F)(F)F)cc3)cn2)CC(C)O1. The van der Waals surface area contributed by atoms with E-state index in [9.17, 15) is 13.2 Å². The smallest absolute Gasteiger partial charge is 0.406 e. The van der Waals surface area contributed by atoms with Gasteiger partial charge >= 0.3 is 6.36 Å². The highest BCUT2D eigenvalue weighted by Crippen LogP contribution is 2.26. The second-order valence-corrected chi connectivity index (χ2v) is 6.01.